The van der Waals surface area contributed by atoms with E-state index in [0.717, 1.165) is 29.5 Å². The van der Waals surface area contributed by atoms with Gasteiger partial charge in [0.25, 0.3) is 0 Å². The Bertz CT molecular complexity index is 669. The summed E-state index contributed by atoms with van der Waals surface area (Å²) < 4.78 is 0. The second-order valence-corrected chi connectivity index (χ2v) is 6.10. The third-order valence-corrected chi connectivity index (χ3v) is 4.65. The maximum Gasteiger partial charge on any atom is 0.174 e. The molecule has 0 bridgehead atoms. The molecule has 0 amide bonds. The number of ketones is 1. The summed E-state index contributed by atoms with van der Waals surface area (Å²) in [5.41, 5.74) is 3.67. The third-order valence-electron chi connectivity index (χ3n) is 4.34. The molecule has 0 saturated heterocycles. The van der Waals surface area contributed by atoms with Gasteiger partial charge in [-0.25, -0.2) is 0 Å². The maximum atomic E-state index is 12.9. The molecule has 20 heavy (non-hydrogen) atoms. The molecule has 2 aromatic rings. The summed E-state index contributed by atoms with van der Waals surface area (Å²) in [7, 11) is 0. The minimum Gasteiger partial charge on any atom is -0.293 e. The van der Waals surface area contributed by atoms with Crippen molar-refractivity contribution < 1.29 is 4.79 Å². The molecule has 1 saturated carbocycles. The number of rotatable bonds is 3. The minimum atomic E-state index is -0.341. The Balaban J connectivity index is 2.04. The number of carbonyl (C=O) groups excluding carboxylic acids is 1. The van der Waals surface area contributed by atoms with Crippen molar-refractivity contribution in [2.45, 2.75) is 32.1 Å². The highest BCUT2D eigenvalue weighted by Gasteiger charge is 2.51. The van der Waals surface area contributed by atoms with Crippen LogP contribution in [0, 0.1) is 13.8 Å². The highest BCUT2D eigenvalue weighted by atomic mass is 35.5. The van der Waals surface area contributed by atoms with Crippen LogP contribution in [-0.4, -0.2) is 5.78 Å². The maximum absolute atomic E-state index is 12.9. The van der Waals surface area contributed by atoms with E-state index in [2.05, 4.69) is 0 Å². The van der Waals surface area contributed by atoms with Gasteiger partial charge >= 0.3 is 0 Å². The fourth-order valence-electron chi connectivity index (χ4n) is 2.74. The number of benzene rings is 2. The summed E-state index contributed by atoms with van der Waals surface area (Å²) in [5.74, 6) is 0.164. The lowest BCUT2D eigenvalue weighted by Crippen LogP contribution is -2.21. The van der Waals surface area contributed by atoms with Crippen LogP contribution in [0.3, 0.4) is 0 Å². The zero-order valence-corrected chi connectivity index (χ0v) is 12.5. The van der Waals surface area contributed by atoms with Gasteiger partial charge in [-0.05, 0) is 55.5 Å². The molecule has 0 N–H and O–H groups in total. The molecule has 0 aliphatic heterocycles. The second-order valence-electron chi connectivity index (χ2n) is 5.69. The largest absolute Gasteiger partial charge is 0.293 e. The van der Waals surface area contributed by atoms with Crippen LogP contribution in [0.1, 0.15) is 39.9 Å². The SMILES string of the molecule is Cc1cc(Cl)c(C(=O)C2(c3ccccc3)CC2)cc1C. The molecule has 102 valence electrons. The van der Waals surface area contributed by atoms with E-state index in [9.17, 15) is 4.79 Å². The number of aryl methyl sites for hydroxylation is 2. The molecule has 3 rings (SSSR count). The minimum absolute atomic E-state index is 0.164. The van der Waals surface area contributed by atoms with Crippen molar-refractivity contribution in [3.63, 3.8) is 0 Å². The van der Waals surface area contributed by atoms with E-state index in [1.54, 1.807) is 0 Å². The van der Waals surface area contributed by atoms with Gasteiger partial charge in [-0.1, -0.05) is 41.9 Å². The highest BCUT2D eigenvalue weighted by Crippen LogP contribution is 2.51. The average Bonchev–Trinajstić information content (AvgIpc) is 3.25. The van der Waals surface area contributed by atoms with E-state index in [0.29, 0.717) is 10.6 Å². The fraction of sp³-hybridized carbons (Fsp3) is 0.278. The van der Waals surface area contributed by atoms with Gasteiger partial charge < -0.3 is 0 Å². The summed E-state index contributed by atoms with van der Waals surface area (Å²) in [4.78, 5) is 12.9. The van der Waals surface area contributed by atoms with Gasteiger partial charge in [0.2, 0.25) is 0 Å². The van der Waals surface area contributed by atoms with Crippen LogP contribution in [-0.2, 0) is 5.41 Å². The Morgan fingerprint density at radius 2 is 1.65 bits per heavy atom. The zero-order chi connectivity index (χ0) is 14.3. The average molecular weight is 285 g/mol. The van der Waals surface area contributed by atoms with Crippen molar-refractivity contribution in [3.05, 3.63) is 69.7 Å². The number of carbonyl (C=O) groups is 1. The van der Waals surface area contributed by atoms with Crippen molar-refractivity contribution >= 4 is 17.4 Å². The van der Waals surface area contributed by atoms with Gasteiger partial charge in [0.1, 0.15) is 0 Å². The highest BCUT2D eigenvalue weighted by molar-refractivity contribution is 6.34. The van der Waals surface area contributed by atoms with Crippen LogP contribution in [0.25, 0.3) is 0 Å². The Morgan fingerprint density at radius 1 is 1.05 bits per heavy atom. The Morgan fingerprint density at radius 3 is 2.25 bits per heavy atom. The first-order valence-corrected chi connectivity index (χ1v) is 7.29. The van der Waals surface area contributed by atoms with Crippen molar-refractivity contribution in [1.29, 1.82) is 0 Å². The molecule has 0 heterocycles. The molecule has 1 nitrogen and oxygen atoms in total. The van der Waals surface area contributed by atoms with Gasteiger partial charge in [0.05, 0.1) is 10.4 Å². The monoisotopic (exact) mass is 284 g/mol. The lowest BCUT2D eigenvalue weighted by atomic mass is 9.86. The molecule has 1 aliphatic carbocycles. The van der Waals surface area contributed by atoms with Crippen LogP contribution in [0.2, 0.25) is 5.02 Å². The number of Topliss-reactive ketones (excluding diaryl/α,β-unsaturated/α-hetero) is 1. The van der Waals surface area contributed by atoms with Gasteiger partial charge in [-0.15, -0.1) is 0 Å². The van der Waals surface area contributed by atoms with Crippen LogP contribution < -0.4 is 0 Å². The van der Waals surface area contributed by atoms with Gasteiger partial charge in [0, 0.05) is 5.56 Å². The Kier molecular flexibility index (Phi) is 3.18. The Labute approximate surface area is 124 Å². The summed E-state index contributed by atoms with van der Waals surface area (Å²) in [6.07, 6.45) is 1.83. The first kappa shape index (κ1) is 13.4. The smallest absolute Gasteiger partial charge is 0.174 e. The van der Waals surface area contributed by atoms with E-state index in [4.69, 9.17) is 11.6 Å². The molecule has 0 spiro atoms. The lowest BCUT2D eigenvalue weighted by Gasteiger charge is -2.16. The molecule has 0 aromatic heterocycles. The quantitative estimate of drug-likeness (QED) is 0.735. The van der Waals surface area contributed by atoms with Crippen LogP contribution >= 0.6 is 11.6 Å². The van der Waals surface area contributed by atoms with E-state index in [1.807, 2.05) is 56.3 Å². The van der Waals surface area contributed by atoms with Crippen LogP contribution in [0.4, 0.5) is 0 Å². The van der Waals surface area contributed by atoms with E-state index in [1.165, 1.54) is 0 Å². The first-order valence-electron chi connectivity index (χ1n) is 6.92. The van der Waals surface area contributed by atoms with E-state index < -0.39 is 0 Å². The molecule has 0 atom stereocenters. The van der Waals surface area contributed by atoms with Crippen molar-refractivity contribution in [3.8, 4) is 0 Å². The third kappa shape index (κ3) is 2.06. The molecular formula is C18H17ClO. The number of halogens is 1. The number of hydrogen-bond donors (Lipinski definition) is 0. The van der Waals surface area contributed by atoms with Gasteiger partial charge in [-0.2, -0.15) is 0 Å². The predicted molar refractivity (Wildman–Crippen MR) is 82.6 cm³/mol. The molecule has 2 heteroatoms. The Hall–Kier alpha value is -1.60. The number of hydrogen-bond acceptors (Lipinski definition) is 1. The fourth-order valence-corrected chi connectivity index (χ4v) is 3.05. The molecule has 0 unspecified atom stereocenters. The molecule has 1 fully saturated rings. The van der Waals surface area contributed by atoms with Crippen molar-refractivity contribution in [1.82, 2.24) is 0 Å². The molecular weight excluding hydrogens is 268 g/mol. The zero-order valence-electron chi connectivity index (χ0n) is 11.7. The second kappa shape index (κ2) is 4.75. The van der Waals surface area contributed by atoms with Gasteiger partial charge in [0.15, 0.2) is 5.78 Å². The van der Waals surface area contributed by atoms with Crippen LogP contribution in [0.15, 0.2) is 42.5 Å². The summed E-state index contributed by atoms with van der Waals surface area (Å²) in [6.45, 7) is 4.03. The van der Waals surface area contributed by atoms with E-state index >= 15 is 0 Å². The molecule has 1 aliphatic rings. The predicted octanol–water partition coefficient (Wildman–Crippen LogP) is 4.87. The van der Waals surface area contributed by atoms with Gasteiger partial charge in [-0.3, -0.25) is 4.79 Å². The van der Waals surface area contributed by atoms with Crippen molar-refractivity contribution in [2.75, 3.05) is 0 Å². The van der Waals surface area contributed by atoms with E-state index in [-0.39, 0.29) is 11.2 Å². The topological polar surface area (TPSA) is 17.1 Å². The lowest BCUT2D eigenvalue weighted by molar-refractivity contribution is 0.0946. The van der Waals surface area contributed by atoms with Crippen molar-refractivity contribution in [2.24, 2.45) is 0 Å². The van der Waals surface area contributed by atoms with Crippen LogP contribution in [0.5, 0.6) is 0 Å². The molecule has 2 aromatic carbocycles. The normalized spacial score (nSPS) is 15.9. The first-order chi connectivity index (χ1) is 9.54. The summed E-state index contributed by atoms with van der Waals surface area (Å²) in [5, 5.41) is 0.570. The molecule has 0 radical (unpaired) electrons. The summed E-state index contributed by atoms with van der Waals surface area (Å²) in [6, 6.07) is 13.9. The standard InChI is InChI=1S/C18H17ClO/c1-12-10-15(16(19)11-13(12)2)17(20)18(8-9-18)14-6-4-3-5-7-14/h3-7,10-11H,8-9H2,1-2H3. The summed E-state index contributed by atoms with van der Waals surface area (Å²) >= 11 is 6.30.